The van der Waals surface area contributed by atoms with Gasteiger partial charge in [0.2, 0.25) is 0 Å². The molecule has 0 saturated heterocycles. The van der Waals surface area contributed by atoms with Crippen molar-refractivity contribution in [1.82, 2.24) is 20.2 Å². The van der Waals surface area contributed by atoms with E-state index in [4.69, 9.17) is 4.74 Å². The molecule has 5 rings (SSSR count). The molecule has 1 aromatic carbocycles. The summed E-state index contributed by atoms with van der Waals surface area (Å²) < 4.78 is 20.3. The molecule has 8 heteroatoms. The molecule has 7 nitrogen and oxygen atoms in total. The number of phenolic OH excluding ortho intramolecular Hbond substituents is 1. The minimum atomic E-state index is -0.880. The van der Waals surface area contributed by atoms with Gasteiger partial charge in [0.15, 0.2) is 11.6 Å². The summed E-state index contributed by atoms with van der Waals surface area (Å²) in [4.78, 5) is 10.8. The Balaban J connectivity index is 1.34. The Hall–Kier alpha value is -3.29. The predicted molar refractivity (Wildman–Crippen MR) is 129 cm³/mol. The number of ether oxygens (including phenoxy) is 1. The van der Waals surface area contributed by atoms with E-state index in [0.717, 1.165) is 54.7 Å². The van der Waals surface area contributed by atoms with Gasteiger partial charge in [0.1, 0.15) is 17.7 Å². The van der Waals surface area contributed by atoms with E-state index in [1.54, 1.807) is 24.5 Å². The van der Waals surface area contributed by atoms with E-state index in [1.165, 1.54) is 0 Å². The van der Waals surface area contributed by atoms with Gasteiger partial charge in [-0.3, -0.25) is 4.98 Å². The predicted octanol–water partition coefficient (Wildman–Crippen LogP) is 4.98. The lowest BCUT2D eigenvalue weighted by atomic mass is 9.82. The number of nitrogens with zero attached hydrogens (tertiary/aromatic N) is 5. The van der Waals surface area contributed by atoms with Gasteiger partial charge in [-0.15, -0.1) is 10.2 Å². The maximum Gasteiger partial charge on any atom is 0.185 e. The van der Waals surface area contributed by atoms with Gasteiger partial charge in [-0.25, -0.2) is 9.37 Å². The van der Waals surface area contributed by atoms with E-state index in [-0.39, 0.29) is 11.8 Å². The zero-order valence-electron chi connectivity index (χ0n) is 19.6. The van der Waals surface area contributed by atoms with Crippen molar-refractivity contribution in [2.45, 2.75) is 57.7 Å². The number of halogens is 1. The zero-order chi connectivity index (χ0) is 23.7. The van der Waals surface area contributed by atoms with Crippen LogP contribution in [0.3, 0.4) is 0 Å². The number of anilines is 1. The number of phenols is 1. The van der Waals surface area contributed by atoms with Crippen molar-refractivity contribution >= 4 is 5.82 Å². The lowest BCUT2D eigenvalue weighted by Gasteiger charge is -2.37. The average Bonchev–Trinajstić information content (AvgIpc) is 2.88. The van der Waals surface area contributed by atoms with Crippen molar-refractivity contribution in [3.8, 4) is 34.0 Å². The van der Waals surface area contributed by atoms with Crippen molar-refractivity contribution in [2.24, 2.45) is 5.92 Å². The third-order valence-corrected chi connectivity index (χ3v) is 7.15. The van der Waals surface area contributed by atoms with Gasteiger partial charge in [-0.1, -0.05) is 19.4 Å². The van der Waals surface area contributed by atoms with E-state index in [2.05, 4.69) is 27.1 Å². The molecule has 0 spiro atoms. The van der Waals surface area contributed by atoms with Crippen LogP contribution in [0.2, 0.25) is 0 Å². The van der Waals surface area contributed by atoms with E-state index in [0.29, 0.717) is 36.2 Å². The molecule has 2 aromatic heterocycles. The van der Waals surface area contributed by atoms with E-state index in [1.807, 2.05) is 24.1 Å². The molecule has 1 fully saturated rings. The number of benzene rings is 1. The molecule has 3 aromatic rings. The van der Waals surface area contributed by atoms with Crippen LogP contribution < -0.4 is 9.64 Å². The maximum atomic E-state index is 14.6. The molecule has 3 atom stereocenters. The summed E-state index contributed by atoms with van der Waals surface area (Å²) in [6, 6.07) is 7.08. The minimum absolute atomic E-state index is 0.0564. The van der Waals surface area contributed by atoms with E-state index < -0.39 is 6.17 Å². The Kier molecular flexibility index (Phi) is 6.30. The number of alkyl halides is 1. The summed E-state index contributed by atoms with van der Waals surface area (Å²) in [5, 5.41) is 19.2. The summed E-state index contributed by atoms with van der Waals surface area (Å²) in [5.74, 6) is 2.25. The molecule has 1 N–H and O–H groups in total. The van der Waals surface area contributed by atoms with Gasteiger partial charge in [0.05, 0.1) is 30.1 Å². The van der Waals surface area contributed by atoms with Gasteiger partial charge in [-0.05, 0) is 61.8 Å². The molecule has 0 unspecified atom stereocenters. The Morgan fingerprint density at radius 3 is 2.76 bits per heavy atom. The van der Waals surface area contributed by atoms with Crippen LogP contribution in [0.25, 0.3) is 22.5 Å². The first-order valence-electron chi connectivity index (χ1n) is 12.1. The normalized spacial score (nSPS) is 22.0. The molecule has 0 bridgehead atoms. The molecule has 178 valence electrons. The van der Waals surface area contributed by atoms with Gasteiger partial charge < -0.3 is 14.7 Å². The molecule has 34 heavy (non-hydrogen) atoms. The molecule has 1 aliphatic carbocycles. The average molecular weight is 464 g/mol. The quantitative estimate of drug-likeness (QED) is 0.571. The lowest BCUT2D eigenvalue weighted by molar-refractivity contribution is 0.170. The van der Waals surface area contributed by atoms with Gasteiger partial charge in [0, 0.05) is 18.8 Å². The number of aromatic nitrogens is 4. The molecule has 1 saturated carbocycles. The van der Waals surface area contributed by atoms with Gasteiger partial charge in [-0.2, -0.15) is 0 Å². The highest BCUT2D eigenvalue weighted by Gasteiger charge is 2.33. The van der Waals surface area contributed by atoms with Crippen LogP contribution >= 0.6 is 0 Å². The minimum Gasteiger partial charge on any atom is -0.507 e. The largest absolute Gasteiger partial charge is 0.507 e. The summed E-state index contributed by atoms with van der Waals surface area (Å²) in [6.07, 6.45) is 7.81. The van der Waals surface area contributed by atoms with Gasteiger partial charge in [0.25, 0.3) is 0 Å². The highest BCUT2D eigenvalue weighted by atomic mass is 19.1. The second-order valence-corrected chi connectivity index (χ2v) is 9.27. The lowest BCUT2D eigenvalue weighted by Crippen LogP contribution is -2.44. The molecule has 0 radical (unpaired) electrons. The second kappa shape index (κ2) is 9.52. The fraction of sp³-hybridized carbons (Fsp3) is 0.462. The van der Waals surface area contributed by atoms with Crippen molar-refractivity contribution in [3.63, 3.8) is 0 Å². The Morgan fingerprint density at radius 1 is 1.12 bits per heavy atom. The Morgan fingerprint density at radius 2 is 2.00 bits per heavy atom. The van der Waals surface area contributed by atoms with E-state index >= 15 is 0 Å². The van der Waals surface area contributed by atoms with Crippen molar-refractivity contribution in [1.29, 1.82) is 0 Å². The summed E-state index contributed by atoms with van der Waals surface area (Å²) in [7, 11) is 1.85. The summed E-state index contributed by atoms with van der Waals surface area (Å²) >= 11 is 0. The smallest absolute Gasteiger partial charge is 0.185 e. The maximum absolute atomic E-state index is 14.6. The van der Waals surface area contributed by atoms with Crippen LogP contribution in [-0.4, -0.2) is 51.1 Å². The summed E-state index contributed by atoms with van der Waals surface area (Å²) in [6.45, 7) is 2.86. The fourth-order valence-electron chi connectivity index (χ4n) is 4.96. The first kappa shape index (κ1) is 22.5. The number of rotatable bonds is 5. The van der Waals surface area contributed by atoms with E-state index in [9.17, 15) is 9.50 Å². The molecule has 2 aliphatic rings. The van der Waals surface area contributed by atoms with Crippen LogP contribution in [0.1, 0.15) is 44.7 Å². The topological polar surface area (TPSA) is 84.3 Å². The van der Waals surface area contributed by atoms with Crippen molar-refractivity contribution in [2.75, 3.05) is 18.6 Å². The number of pyridine rings is 1. The first-order chi connectivity index (χ1) is 16.5. The van der Waals surface area contributed by atoms with Crippen LogP contribution in [-0.2, 0) is 6.42 Å². The number of fused-ring (bicyclic) bond motifs is 1. The monoisotopic (exact) mass is 463 g/mol. The van der Waals surface area contributed by atoms with Crippen molar-refractivity contribution in [3.05, 3.63) is 42.4 Å². The molecular formula is C26H30FN5O2. The Bertz CT molecular complexity index is 1160. The molecule has 3 heterocycles. The third-order valence-electron chi connectivity index (χ3n) is 7.15. The first-order valence-corrected chi connectivity index (χ1v) is 12.1. The molecule has 1 aliphatic heterocycles. The third kappa shape index (κ3) is 4.41. The molecule has 0 amide bonds. The number of aromatic hydroxyl groups is 1. The number of hydrogen-bond acceptors (Lipinski definition) is 7. The number of hydrogen-bond donors (Lipinski definition) is 1. The zero-order valence-corrected chi connectivity index (χ0v) is 19.6. The fourth-order valence-corrected chi connectivity index (χ4v) is 4.96. The van der Waals surface area contributed by atoms with Crippen LogP contribution in [0.5, 0.6) is 11.5 Å². The number of aryl methyl sites for hydroxylation is 1. The van der Waals surface area contributed by atoms with Gasteiger partial charge >= 0.3 is 0 Å². The Labute approximate surface area is 199 Å². The van der Waals surface area contributed by atoms with Crippen LogP contribution in [0, 0.1) is 5.92 Å². The second-order valence-electron chi connectivity index (χ2n) is 9.27. The SMILES string of the molecule is CC[C@@H]1CC[C@H](F)[C@H](N(C)c2cnc(-c3ccc(-c4cnc5c(c4)OCCC5)cc3O)nn2)C1. The van der Waals surface area contributed by atoms with Crippen LogP contribution in [0.15, 0.2) is 36.7 Å². The standard InChI is InChI=1S/C26H30FN5O2/c1-3-16-6-9-20(27)22(11-16)32(2)25-15-29-26(31-30-25)19-8-7-17(12-23(19)33)18-13-24-21(28-14-18)5-4-10-34-24/h7-8,12-16,20,22,33H,3-6,9-11H2,1-2H3/t16-,20+,22-/m1/s1. The summed E-state index contributed by atoms with van der Waals surface area (Å²) in [5.41, 5.74) is 3.15. The molecular weight excluding hydrogens is 433 g/mol. The highest BCUT2D eigenvalue weighted by molar-refractivity contribution is 5.73. The van der Waals surface area contributed by atoms with Crippen LogP contribution in [0.4, 0.5) is 10.2 Å². The van der Waals surface area contributed by atoms with Crippen molar-refractivity contribution < 1.29 is 14.2 Å². The highest BCUT2D eigenvalue weighted by Crippen LogP contribution is 2.35.